The molecule has 1 heterocycles. The van der Waals surface area contributed by atoms with Gasteiger partial charge in [0.25, 0.3) is 0 Å². The fourth-order valence-electron chi connectivity index (χ4n) is 3.24. The standard InChI is InChI=1S/C20H17Cl2F3N2O/c1-12(28)26-10-13-2-4-14(5-3-13)18-9-19(11-27-18,20(23,24)25)15-6-16(21)8-17(22)7-15/h2-8H,9-11H2,1H3,(H,26,28). The highest BCUT2D eigenvalue weighted by atomic mass is 35.5. The summed E-state index contributed by atoms with van der Waals surface area (Å²) in [5, 5.41) is 2.98. The van der Waals surface area contributed by atoms with E-state index in [4.69, 9.17) is 23.2 Å². The zero-order valence-electron chi connectivity index (χ0n) is 14.9. The minimum Gasteiger partial charge on any atom is -0.352 e. The van der Waals surface area contributed by atoms with Gasteiger partial charge < -0.3 is 5.32 Å². The largest absolute Gasteiger partial charge is 0.400 e. The lowest BCUT2D eigenvalue weighted by atomic mass is 9.76. The van der Waals surface area contributed by atoms with Crippen LogP contribution in [0.3, 0.4) is 0 Å². The van der Waals surface area contributed by atoms with E-state index < -0.39 is 18.1 Å². The number of carbonyl (C=O) groups excluding carboxylic acids is 1. The number of aliphatic imine (C=N–C) groups is 1. The Kier molecular flexibility index (Phi) is 5.73. The van der Waals surface area contributed by atoms with E-state index in [2.05, 4.69) is 10.3 Å². The summed E-state index contributed by atoms with van der Waals surface area (Å²) in [6.45, 7) is 1.35. The average molecular weight is 429 g/mol. The number of benzene rings is 2. The predicted molar refractivity (Wildman–Crippen MR) is 104 cm³/mol. The molecule has 2 aromatic carbocycles. The van der Waals surface area contributed by atoms with Crippen LogP contribution in [0.15, 0.2) is 47.5 Å². The molecule has 0 bridgehead atoms. The Balaban J connectivity index is 1.88. The number of carbonyl (C=O) groups is 1. The molecule has 0 aliphatic carbocycles. The second-order valence-electron chi connectivity index (χ2n) is 6.78. The van der Waals surface area contributed by atoms with E-state index in [-0.39, 0.29) is 27.9 Å². The van der Waals surface area contributed by atoms with Gasteiger partial charge in [-0.1, -0.05) is 47.5 Å². The number of hydrogen-bond donors (Lipinski definition) is 1. The molecule has 0 saturated carbocycles. The van der Waals surface area contributed by atoms with Gasteiger partial charge in [0.05, 0.1) is 6.54 Å². The summed E-state index contributed by atoms with van der Waals surface area (Å²) in [4.78, 5) is 15.2. The summed E-state index contributed by atoms with van der Waals surface area (Å²) in [5.74, 6) is -0.153. The van der Waals surface area contributed by atoms with Crippen LogP contribution in [0.5, 0.6) is 0 Å². The van der Waals surface area contributed by atoms with Crippen molar-refractivity contribution in [2.24, 2.45) is 4.99 Å². The third kappa shape index (κ3) is 4.18. The molecule has 1 aliphatic rings. The van der Waals surface area contributed by atoms with E-state index >= 15 is 0 Å². The van der Waals surface area contributed by atoms with Crippen LogP contribution in [0, 0.1) is 0 Å². The number of halogens is 5. The van der Waals surface area contributed by atoms with E-state index in [0.717, 1.165) is 5.56 Å². The summed E-state index contributed by atoms with van der Waals surface area (Å²) in [7, 11) is 0. The van der Waals surface area contributed by atoms with Crippen molar-refractivity contribution in [2.75, 3.05) is 6.54 Å². The molecule has 1 amide bonds. The van der Waals surface area contributed by atoms with Crippen molar-refractivity contribution in [3.8, 4) is 0 Å². The summed E-state index contributed by atoms with van der Waals surface area (Å²) in [5.41, 5.74) is -0.309. The predicted octanol–water partition coefficient (Wildman–Crippen LogP) is 5.32. The lowest BCUT2D eigenvalue weighted by Gasteiger charge is -2.31. The van der Waals surface area contributed by atoms with Gasteiger partial charge in [-0.3, -0.25) is 9.79 Å². The minimum absolute atomic E-state index is 0.0125. The Bertz CT molecular complexity index is 906. The first kappa shape index (κ1) is 20.7. The number of amides is 1. The Morgan fingerprint density at radius 2 is 1.75 bits per heavy atom. The number of nitrogens with one attached hydrogen (secondary N) is 1. The first-order valence-corrected chi connectivity index (χ1v) is 9.27. The molecule has 3 nitrogen and oxygen atoms in total. The molecule has 1 unspecified atom stereocenters. The van der Waals surface area contributed by atoms with Crippen molar-refractivity contribution in [1.82, 2.24) is 5.32 Å². The van der Waals surface area contributed by atoms with Gasteiger partial charge in [0.15, 0.2) is 0 Å². The lowest BCUT2D eigenvalue weighted by molar-refractivity contribution is -0.183. The van der Waals surface area contributed by atoms with Gasteiger partial charge in [-0.05, 0) is 34.9 Å². The summed E-state index contributed by atoms with van der Waals surface area (Å²) < 4.78 is 42.3. The quantitative estimate of drug-likeness (QED) is 0.702. The SMILES string of the molecule is CC(=O)NCc1ccc(C2=NCC(c3cc(Cl)cc(Cl)c3)(C(F)(F)F)C2)cc1. The monoisotopic (exact) mass is 428 g/mol. The molecule has 0 aromatic heterocycles. The van der Waals surface area contributed by atoms with Crippen LogP contribution in [0.2, 0.25) is 10.0 Å². The number of rotatable bonds is 4. The molecule has 0 radical (unpaired) electrons. The van der Waals surface area contributed by atoms with E-state index in [1.807, 2.05) is 0 Å². The topological polar surface area (TPSA) is 41.5 Å². The Hall–Kier alpha value is -2.05. The highest BCUT2D eigenvalue weighted by molar-refractivity contribution is 6.34. The Morgan fingerprint density at radius 3 is 2.29 bits per heavy atom. The number of alkyl halides is 3. The minimum atomic E-state index is -4.52. The van der Waals surface area contributed by atoms with Gasteiger partial charge >= 0.3 is 6.18 Å². The molecule has 2 aromatic rings. The Labute approximate surface area is 170 Å². The molecular weight excluding hydrogens is 412 g/mol. The Morgan fingerprint density at radius 1 is 1.14 bits per heavy atom. The first-order valence-electron chi connectivity index (χ1n) is 8.51. The molecule has 1 atom stereocenters. The van der Waals surface area contributed by atoms with E-state index in [1.54, 1.807) is 24.3 Å². The molecule has 28 heavy (non-hydrogen) atoms. The van der Waals surface area contributed by atoms with Crippen molar-refractivity contribution in [1.29, 1.82) is 0 Å². The summed E-state index contributed by atoms with van der Waals surface area (Å²) in [6, 6.07) is 11.0. The van der Waals surface area contributed by atoms with Crippen LogP contribution in [-0.2, 0) is 16.8 Å². The number of hydrogen-bond acceptors (Lipinski definition) is 2. The summed E-state index contributed by atoms with van der Waals surface area (Å²) >= 11 is 11.9. The maximum absolute atomic E-state index is 14.1. The lowest BCUT2D eigenvalue weighted by Crippen LogP contribution is -2.43. The van der Waals surface area contributed by atoms with Crippen LogP contribution >= 0.6 is 23.2 Å². The molecular formula is C20H17Cl2F3N2O. The van der Waals surface area contributed by atoms with Crippen LogP contribution < -0.4 is 5.32 Å². The zero-order valence-corrected chi connectivity index (χ0v) is 16.4. The van der Waals surface area contributed by atoms with Crippen LogP contribution in [0.1, 0.15) is 30.0 Å². The second kappa shape index (κ2) is 7.76. The van der Waals surface area contributed by atoms with Crippen LogP contribution in [0.4, 0.5) is 13.2 Å². The van der Waals surface area contributed by atoms with E-state index in [9.17, 15) is 18.0 Å². The smallest absolute Gasteiger partial charge is 0.352 e. The second-order valence-corrected chi connectivity index (χ2v) is 7.66. The van der Waals surface area contributed by atoms with Crippen molar-refractivity contribution < 1.29 is 18.0 Å². The molecule has 0 spiro atoms. The number of nitrogens with zero attached hydrogens (tertiary/aromatic N) is 1. The van der Waals surface area contributed by atoms with Gasteiger partial charge in [-0.2, -0.15) is 13.2 Å². The maximum atomic E-state index is 14.1. The maximum Gasteiger partial charge on any atom is 0.400 e. The average Bonchev–Trinajstić information content (AvgIpc) is 3.06. The fourth-order valence-corrected chi connectivity index (χ4v) is 3.77. The van der Waals surface area contributed by atoms with Crippen molar-refractivity contribution in [2.45, 2.75) is 31.5 Å². The van der Waals surface area contributed by atoms with Crippen molar-refractivity contribution in [3.63, 3.8) is 0 Å². The zero-order chi connectivity index (χ0) is 20.5. The highest BCUT2D eigenvalue weighted by Crippen LogP contribution is 2.48. The van der Waals surface area contributed by atoms with Gasteiger partial charge in [0.2, 0.25) is 5.91 Å². The highest BCUT2D eigenvalue weighted by Gasteiger charge is 2.58. The molecule has 3 rings (SSSR count). The van der Waals surface area contributed by atoms with Crippen molar-refractivity contribution >= 4 is 34.8 Å². The van der Waals surface area contributed by atoms with Gasteiger partial charge in [-0.15, -0.1) is 0 Å². The third-order valence-electron chi connectivity index (χ3n) is 4.80. The molecule has 8 heteroatoms. The molecule has 0 fully saturated rings. The van der Waals surface area contributed by atoms with Gasteiger partial charge in [0, 0.05) is 35.6 Å². The first-order chi connectivity index (χ1) is 13.1. The van der Waals surface area contributed by atoms with Crippen LogP contribution in [-0.4, -0.2) is 24.3 Å². The normalized spacial score (nSPS) is 19.4. The molecule has 148 valence electrons. The van der Waals surface area contributed by atoms with E-state index in [1.165, 1.54) is 25.1 Å². The molecule has 1 N–H and O–H groups in total. The molecule has 1 aliphatic heterocycles. The van der Waals surface area contributed by atoms with Crippen molar-refractivity contribution in [3.05, 3.63) is 69.2 Å². The van der Waals surface area contributed by atoms with Gasteiger partial charge in [0.1, 0.15) is 5.41 Å². The van der Waals surface area contributed by atoms with E-state index in [0.29, 0.717) is 17.8 Å². The van der Waals surface area contributed by atoms with Crippen LogP contribution in [0.25, 0.3) is 0 Å². The summed E-state index contributed by atoms with van der Waals surface area (Å²) in [6.07, 6.45) is -4.81. The van der Waals surface area contributed by atoms with Gasteiger partial charge in [-0.25, -0.2) is 0 Å². The third-order valence-corrected chi connectivity index (χ3v) is 5.23. The molecule has 0 saturated heterocycles. The fraction of sp³-hybridized carbons (Fsp3) is 0.300.